The molecule has 0 saturated heterocycles. The summed E-state index contributed by atoms with van der Waals surface area (Å²) in [5.41, 5.74) is 3.52. The van der Waals surface area contributed by atoms with Crippen LogP contribution >= 0.6 is 0 Å². The number of anilines is 1. The van der Waals surface area contributed by atoms with Gasteiger partial charge >= 0.3 is 6.03 Å². The van der Waals surface area contributed by atoms with E-state index in [2.05, 4.69) is 20.1 Å². The molecule has 178 valence electrons. The zero-order valence-electron chi connectivity index (χ0n) is 18.0. The number of hydrogen-bond acceptors (Lipinski definition) is 5. The van der Waals surface area contributed by atoms with Crippen LogP contribution in [0.4, 0.5) is 19.3 Å². The number of nitrogens with one attached hydrogen (secondary N) is 2. The Labute approximate surface area is 190 Å². The van der Waals surface area contributed by atoms with Crippen LogP contribution in [0.15, 0.2) is 15.5 Å². The highest BCUT2D eigenvalue weighted by Crippen LogP contribution is 2.41. The maximum Gasteiger partial charge on any atom is 0.354 e. The molecule has 12 heteroatoms. The van der Waals surface area contributed by atoms with Crippen molar-refractivity contribution < 1.29 is 22.5 Å². The van der Waals surface area contributed by atoms with E-state index in [0.717, 1.165) is 24.0 Å². The summed E-state index contributed by atoms with van der Waals surface area (Å²) in [6, 6.07) is -1.01. The van der Waals surface area contributed by atoms with Crippen molar-refractivity contribution in [2.75, 3.05) is 25.1 Å². The van der Waals surface area contributed by atoms with Crippen LogP contribution in [-0.4, -0.2) is 45.9 Å². The largest absolute Gasteiger partial charge is 0.475 e. The third-order valence-corrected chi connectivity index (χ3v) is 7.78. The van der Waals surface area contributed by atoms with Crippen molar-refractivity contribution in [1.82, 2.24) is 15.1 Å². The molecule has 4 N–H and O–H groups in total. The minimum absolute atomic E-state index is 0.0242. The molecule has 2 aliphatic carbocycles. The van der Waals surface area contributed by atoms with Gasteiger partial charge in [0.1, 0.15) is 24.0 Å². The number of amides is 2. The third kappa shape index (κ3) is 4.00. The summed E-state index contributed by atoms with van der Waals surface area (Å²) in [4.78, 5) is 12.8. The molecule has 0 bridgehead atoms. The zero-order valence-corrected chi connectivity index (χ0v) is 18.9. The van der Waals surface area contributed by atoms with E-state index in [0.29, 0.717) is 49.0 Å². The molecule has 1 aromatic heterocycles. The van der Waals surface area contributed by atoms with Gasteiger partial charge < -0.3 is 15.4 Å². The zero-order chi connectivity index (χ0) is 23.2. The van der Waals surface area contributed by atoms with E-state index in [1.165, 1.54) is 10.9 Å². The topological polar surface area (TPSA) is 124 Å². The first-order chi connectivity index (χ1) is 15.9. The molecular formula is C21H26F2N6O3S. The number of benzene rings is 1. The number of nitrogens with two attached hydrogens (primary N) is 1. The SMILES string of the molecule is NS(=O)(=NC(=O)Nc1c2c(c(F)c3c1CCC3)CCC2)c1cnn2c1OCC(NCCF)C2. The van der Waals surface area contributed by atoms with E-state index >= 15 is 0 Å². The fourth-order valence-electron chi connectivity index (χ4n) is 5.00. The Morgan fingerprint density at radius 1 is 1.24 bits per heavy atom. The third-order valence-electron chi connectivity index (χ3n) is 6.44. The second-order valence-corrected chi connectivity index (χ2v) is 10.3. The smallest absolute Gasteiger partial charge is 0.354 e. The van der Waals surface area contributed by atoms with E-state index in [1.807, 2.05) is 0 Å². The lowest BCUT2D eigenvalue weighted by Crippen LogP contribution is -2.42. The molecule has 1 aromatic carbocycles. The average Bonchev–Trinajstić information content (AvgIpc) is 3.53. The van der Waals surface area contributed by atoms with Gasteiger partial charge in [0.05, 0.1) is 18.8 Å². The maximum absolute atomic E-state index is 14.9. The monoisotopic (exact) mass is 480 g/mol. The van der Waals surface area contributed by atoms with Gasteiger partial charge in [-0.25, -0.2) is 27.6 Å². The lowest BCUT2D eigenvalue weighted by molar-refractivity contribution is 0.177. The van der Waals surface area contributed by atoms with E-state index in [4.69, 9.17) is 9.88 Å². The van der Waals surface area contributed by atoms with Gasteiger partial charge in [0.2, 0.25) is 5.88 Å². The van der Waals surface area contributed by atoms with Crippen molar-refractivity contribution in [3.8, 4) is 5.88 Å². The minimum atomic E-state index is -3.65. The van der Waals surface area contributed by atoms with Crippen molar-refractivity contribution >= 4 is 21.6 Å². The normalized spacial score (nSPS) is 20.4. The Balaban J connectivity index is 1.41. The highest BCUT2D eigenvalue weighted by atomic mass is 32.2. The van der Waals surface area contributed by atoms with Crippen LogP contribution in [0.5, 0.6) is 5.88 Å². The van der Waals surface area contributed by atoms with Crippen LogP contribution < -0.4 is 20.5 Å². The summed E-state index contributed by atoms with van der Waals surface area (Å²) in [5, 5.41) is 15.8. The van der Waals surface area contributed by atoms with Crippen molar-refractivity contribution in [3.05, 3.63) is 34.3 Å². The first-order valence-electron chi connectivity index (χ1n) is 11.1. The predicted molar refractivity (Wildman–Crippen MR) is 118 cm³/mol. The first-order valence-corrected chi connectivity index (χ1v) is 12.7. The van der Waals surface area contributed by atoms with Crippen LogP contribution in [0.3, 0.4) is 0 Å². The molecule has 33 heavy (non-hydrogen) atoms. The van der Waals surface area contributed by atoms with Gasteiger partial charge in [-0.2, -0.15) is 5.10 Å². The number of carbonyl (C=O) groups excluding carboxylic acids is 1. The standard InChI is InChI=1S/C21H26F2N6O3S/c22-7-8-25-12-10-29-20(32-11-12)17(9-26-29)33(24,31)28-21(30)27-19-15-5-1-3-13(15)18(23)14-4-2-6-16(14)19/h9,12,25H,1-8,10-11H2,(H3,24,27,28,30,31). The summed E-state index contributed by atoms with van der Waals surface area (Å²) >= 11 is 0. The van der Waals surface area contributed by atoms with Gasteiger partial charge in [0, 0.05) is 12.2 Å². The number of urea groups is 1. The second-order valence-electron chi connectivity index (χ2n) is 8.55. The number of aromatic nitrogens is 2. The molecule has 1 aliphatic heterocycles. The van der Waals surface area contributed by atoms with Gasteiger partial charge in [-0.05, 0) is 60.8 Å². The van der Waals surface area contributed by atoms with E-state index in [-0.39, 0.29) is 35.8 Å². The summed E-state index contributed by atoms with van der Waals surface area (Å²) in [6.45, 7) is 0.287. The van der Waals surface area contributed by atoms with E-state index in [1.54, 1.807) is 0 Å². The number of hydrogen-bond donors (Lipinski definition) is 3. The number of carbonyl (C=O) groups is 1. The number of alkyl halides is 1. The molecule has 2 aromatic rings. The van der Waals surface area contributed by atoms with Gasteiger partial charge in [-0.1, -0.05) is 0 Å². The van der Waals surface area contributed by atoms with E-state index < -0.39 is 22.6 Å². The van der Waals surface area contributed by atoms with Gasteiger partial charge in [0.15, 0.2) is 9.92 Å². The molecule has 2 unspecified atom stereocenters. The Hall–Kier alpha value is -2.57. The molecule has 0 fully saturated rings. The number of fused-ring (bicyclic) bond motifs is 3. The van der Waals surface area contributed by atoms with Crippen molar-refractivity contribution in [1.29, 1.82) is 0 Å². The van der Waals surface area contributed by atoms with Crippen molar-refractivity contribution in [2.45, 2.75) is 56.0 Å². The second kappa shape index (κ2) is 8.65. The molecule has 3 aliphatic rings. The molecule has 2 heterocycles. The summed E-state index contributed by atoms with van der Waals surface area (Å²) in [5.74, 6) is 0.0384. The Bertz CT molecular complexity index is 1200. The average molecular weight is 481 g/mol. The molecule has 5 rings (SSSR count). The molecule has 0 saturated carbocycles. The number of nitrogens with zero attached hydrogens (tertiary/aromatic N) is 3. The summed E-state index contributed by atoms with van der Waals surface area (Å²) < 4.78 is 51.3. The van der Waals surface area contributed by atoms with Gasteiger partial charge in [-0.3, -0.25) is 0 Å². The lowest BCUT2D eigenvalue weighted by Gasteiger charge is -2.25. The van der Waals surface area contributed by atoms with Gasteiger partial charge in [0.25, 0.3) is 0 Å². The fraction of sp³-hybridized carbons (Fsp3) is 0.524. The highest BCUT2D eigenvalue weighted by Gasteiger charge is 2.31. The number of halogens is 2. The van der Waals surface area contributed by atoms with Crippen molar-refractivity contribution in [3.63, 3.8) is 0 Å². The Kier molecular flexibility index (Phi) is 5.83. The molecule has 2 atom stereocenters. The Morgan fingerprint density at radius 2 is 1.91 bits per heavy atom. The fourth-order valence-corrected chi connectivity index (χ4v) is 6.00. The van der Waals surface area contributed by atoms with Crippen LogP contribution in [-0.2, 0) is 42.1 Å². The summed E-state index contributed by atoms with van der Waals surface area (Å²) in [6.07, 6.45) is 5.56. The summed E-state index contributed by atoms with van der Waals surface area (Å²) in [7, 11) is -3.65. The molecular weight excluding hydrogens is 454 g/mol. The van der Waals surface area contributed by atoms with E-state index in [9.17, 15) is 17.8 Å². The van der Waals surface area contributed by atoms with Crippen LogP contribution in [0.1, 0.15) is 35.1 Å². The quantitative estimate of drug-likeness (QED) is 0.606. The molecule has 0 radical (unpaired) electrons. The number of ether oxygens (including phenoxy) is 1. The Morgan fingerprint density at radius 3 is 2.58 bits per heavy atom. The molecule has 9 nitrogen and oxygen atoms in total. The maximum atomic E-state index is 14.9. The molecule has 0 spiro atoms. The predicted octanol–water partition coefficient (Wildman–Crippen LogP) is 2.25. The lowest BCUT2D eigenvalue weighted by atomic mass is 9.98. The molecule has 2 amide bonds. The minimum Gasteiger partial charge on any atom is -0.475 e. The first kappa shape index (κ1) is 22.2. The van der Waals surface area contributed by atoms with Gasteiger partial charge in [-0.15, -0.1) is 4.36 Å². The van der Waals surface area contributed by atoms with Crippen LogP contribution in [0, 0.1) is 5.82 Å². The van der Waals surface area contributed by atoms with Crippen LogP contribution in [0.2, 0.25) is 0 Å². The number of rotatable bonds is 5. The van der Waals surface area contributed by atoms with Crippen LogP contribution in [0.25, 0.3) is 0 Å². The highest BCUT2D eigenvalue weighted by molar-refractivity contribution is 7.91. The van der Waals surface area contributed by atoms with Crippen molar-refractivity contribution in [2.24, 2.45) is 9.50 Å².